The summed E-state index contributed by atoms with van der Waals surface area (Å²) in [6.07, 6.45) is 0.795. The number of aliphatic hydroxyl groups is 1. The molecule has 2 unspecified atom stereocenters. The lowest BCUT2D eigenvalue weighted by Gasteiger charge is -2.21. The molecule has 2 aliphatic heterocycles. The van der Waals surface area contributed by atoms with Gasteiger partial charge in [-0.25, -0.2) is 4.79 Å². The zero-order valence-corrected chi connectivity index (χ0v) is 12.2. The second kappa shape index (κ2) is 4.71. The monoisotopic (exact) mass is 302 g/mol. The molecule has 6 nitrogen and oxygen atoms in total. The lowest BCUT2D eigenvalue weighted by molar-refractivity contribution is -0.133. The molecular weight excluding hydrogens is 284 g/mol. The van der Waals surface area contributed by atoms with Gasteiger partial charge >= 0.3 is 6.09 Å². The third-order valence-electron chi connectivity index (χ3n) is 5.15. The van der Waals surface area contributed by atoms with E-state index in [0.29, 0.717) is 25.6 Å². The van der Waals surface area contributed by atoms with Gasteiger partial charge in [-0.2, -0.15) is 0 Å². The van der Waals surface area contributed by atoms with Crippen molar-refractivity contribution in [1.29, 1.82) is 0 Å². The van der Waals surface area contributed by atoms with Crippen LogP contribution in [0.25, 0.3) is 0 Å². The minimum absolute atomic E-state index is 0.0505. The number of nitrogens with zero attached hydrogens (tertiary/aromatic N) is 2. The Labute approximate surface area is 128 Å². The normalized spacial score (nSPS) is 29.5. The van der Waals surface area contributed by atoms with E-state index in [1.54, 1.807) is 9.80 Å². The van der Waals surface area contributed by atoms with Crippen molar-refractivity contribution < 1.29 is 19.4 Å². The molecule has 2 heterocycles. The smallest absolute Gasteiger partial charge is 0.414 e. The fourth-order valence-corrected chi connectivity index (χ4v) is 3.82. The van der Waals surface area contributed by atoms with Crippen LogP contribution in [-0.4, -0.2) is 54.9 Å². The molecule has 0 radical (unpaired) electrons. The number of piperidine rings is 1. The first-order chi connectivity index (χ1) is 10.6. The average molecular weight is 302 g/mol. The van der Waals surface area contributed by atoms with Gasteiger partial charge in [-0.05, 0) is 30.0 Å². The highest BCUT2D eigenvalue weighted by Crippen LogP contribution is 2.59. The maximum Gasteiger partial charge on any atom is 0.414 e. The molecule has 3 fully saturated rings. The number of carbonyl (C=O) groups excluding carboxylic acids is 2. The minimum Gasteiger partial charge on any atom is -0.447 e. The van der Waals surface area contributed by atoms with Crippen LogP contribution in [-0.2, 0) is 14.9 Å². The molecular formula is C16H18N2O4. The first-order valence-electron chi connectivity index (χ1n) is 7.57. The number of hydrogen-bond donors (Lipinski definition) is 1. The molecule has 22 heavy (non-hydrogen) atoms. The molecule has 2 saturated heterocycles. The third-order valence-corrected chi connectivity index (χ3v) is 5.15. The lowest BCUT2D eigenvalue weighted by atomic mass is 9.94. The highest BCUT2D eigenvalue weighted by atomic mass is 16.6. The molecule has 1 aliphatic carbocycles. The van der Waals surface area contributed by atoms with Crippen LogP contribution < -0.4 is 4.90 Å². The minimum atomic E-state index is -0.418. The molecule has 0 spiro atoms. The number of carbonyl (C=O) groups is 2. The van der Waals surface area contributed by atoms with Gasteiger partial charge < -0.3 is 14.7 Å². The Bertz CT molecular complexity index is 630. The number of amides is 2. The zero-order chi connectivity index (χ0) is 15.3. The van der Waals surface area contributed by atoms with Crippen molar-refractivity contribution in [3.05, 3.63) is 29.8 Å². The highest BCUT2D eigenvalue weighted by molar-refractivity contribution is 5.89. The Morgan fingerprint density at radius 1 is 1.36 bits per heavy atom. The van der Waals surface area contributed by atoms with Crippen LogP contribution in [0.5, 0.6) is 0 Å². The number of hydrogen-bond acceptors (Lipinski definition) is 4. The van der Waals surface area contributed by atoms with E-state index in [4.69, 9.17) is 9.84 Å². The van der Waals surface area contributed by atoms with Gasteiger partial charge in [0.2, 0.25) is 5.91 Å². The van der Waals surface area contributed by atoms with Gasteiger partial charge in [0.15, 0.2) is 0 Å². The lowest BCUT2D eigenvalue weighted by Crippen LogP contribution is -2.34. The molecule has 0 aromatic heterocycles. The van der Waals surface area contributed by atoms with Crippen molar-refractivity contribution in [2.24, 2.45) is 5.92 Å². The van der Waals surface area contributed by atoms with E-state index in [2.05, 4.69) is 0 Å². The standard InChI is InChI=1S/C16H18N2O4/c19-9-14(20)17-8-12-7-16(12,10-17)11-1-3-13(4-2-11)18-5-6-22-15(18)21/h1-4,12,19H,5-10H2. The largest absolute Gasteiger partial charge is 0.447 e. The SMILES string of the molecule is O=C(CO)N1CC2CC2(c2ccc(N3CCOC3=O)cc2)C1. The van der Waals surface area contributed by atoms with E-state index in [-0.39, 0.29) is 17.4 Å². The summed E-state index contributed by atoms with van der Waals surface area (Å²) in [4.78, 5) is 26.6. The van der Waals surface area contributed by atoms with Gasteiger partial charge in [0.1, 0.15) is 13.2 Å². The molecule has 2 atom stereocenters. The van der Waals surface area contributed by atoms with Crippen LogP contribution in [0.4, 0.5) is 10.5 Å². The fraction of sp³-hybridized carbons (Fsp3) is 0.500. The summed E-state index contributed by atoms with van der Waals surface area (Å²) >= 11 is 0. The highest BCUT2D eigenvalue weighted by Gasteiger charge is 2.61. The number of anilines is 1. The molecule has 1 aromatic rings. The summed E-state index contributed by atoms with van der Waals surface area (Å²) in [6, 6.07) is 7.99. The number of ether oxygens (including phenoxy) is 1. The van der Waals surface area contributed by atoms with E-state index in [9.17, 15) is 9.59 Å². The van der Waals surface area contributed by atoms with Gasteiger partial charge in [0.25, 0.3) is 0 Å². The Kier molecular flexibility index (Phi) is 2.91. The van der Waals surface area contributed by atoms with Gasteiger partial charge in [-0.1, -0.05) is 12.1 Å². The van der Waals surface area contributed by atoms with E-state index in [1.165, 1.54) is 5.56 Å². The van der Waals surface area contributed by atoms with Crippen LogP contribution in [0, 0.1) is 5.92 Å². The number of benzene rings is 1. The summed E-state index contributed by atoms with van der Waals surface area (Å²) in [7, 11) is 0. The molecule has 4 rings (SSSR count). The summed E-state index contributed by atoms with van der Waals surface area (Å²) in [5.41, 5.74) is 2.11. The van der Waals surface area contributed by atoms with Crippen LogP contribution in [0.1, 0.15) is 12.0 Å². The molecule has 116 valence electrons. The van der Waals surface area contributed by atoms with Crippen molar-refractivity contribution in [1.82, 2.24) is 4.90 Å². The maximum absolute atomic E-state index is 11.6. The van der Waals surface area contributed by atoms with E-state index >= 15 is 0 Å². The van der Waals surface area contributed by atoms with Gasteiger partial charge in [-0.15, -0.1) is 0 Å². The first-order valence-corrected chi connectivity index (χ1v) is 7.57. The number of cyclic esters (lactones) is 1. The molecule has 0 bridgehead atoms. The van der Waals surface area contributed by atoms with Crippen molar-refractivity contribution in [2.75, 3.05) is 37.7 Å². The average Bonchev–Trinajstić information content (AvgIpc) is 2.90. The van der Waals surface area contributed by atoms with E-state index in [0.717, 1.165) is 18.7 Å². The molecule has 6 heteroatoms. The summed E-state index contributed by atoms with van der Waals surface area (Å²) in [6.45, 7) is 2.02. The Balaban J connectivity index is 1.52. The van der Waals surface area contributed by atoms with Crippen molar-refractivity contribution >= 4 is 17.7 Å². The van der Waals surface area contributed by atoms with Crippen LogP contribution in [0.3, 0.4) is 0 Å². The molecule has 1 N–H and O–H groups in total. The fourth-order valence-electron chi connectivity index (χ4n) is 3.82. The summed E-state index contributed by atoms with van der Waals surface area (Å²) < 4.78 is 4.95. The van der Waals surface area contributed by atoms with Gasteiger partial charge in [0, 0.05) is 24.2 Å². The molecule has 2 amide bonds. The van der Waals surface area contributed by atoms with Crippen molar-refractivity contribution in [3.63, 3.8) is 0 Å². The van der Waals surface area contributed by atoms with Gasteiger partial charge in [0.05, 0.1) is 6.54 Å². The second-order valence-electron chi connectivity index (χ2n) is 6.30. The first kappa shape index (κ1) is 13.6. The number of fused-ring (bicyclic) bond motifs is 1. The van der Waals surface area contributed by atoms with Crippen molar-refractivity contribution in [3.8, 4) is 0 Å². The van der Waals surface area contributed by atoms with Crippen LogP contribution in [0.15, 0.2) is 24.3 Å². The Morgan fingerprint density at radius 2 is 2.14 bits per heavy atom. The van der Waals surface area contributed by atoms with Crippen molar-refractivity contribution in [2.45, 2.75) is 11.8 Å². The molecule has 3 aliphatic rings. The maximum atomic E-state index is 11.6. The van der Waals surface area contributed by atoms with E-state index in [1.807, 2.05) is 24.3 Å². The number of rotatable bonds is 3. The second-order valence-corrected chi connectivity index (χ2v) is 6.30. The Morgan fingerprint density at radius 3 is 2.77 bits per heavy atom. The van der Waals surface area contributed by atoms with Crippen LogP contribution >= 0.6 is 0 Å². The number of likely N-dealkylation sites (tertiary alicyclic amines) is 1. The topological polar surface area (TPSA) is 70.1 Å². The Hall–Kier alpha value is -2.08. The van der Waals surface area contributed by atoms with E-state index < -0.39 is 6.61 Å². The quantitative estimate of drug-likeness (QED) is 0.894. The van der Waals surface area contributed by atoms with Crippen LogP contribution in [0.2, 0.25) is 0 Å². The zero-order valence-electron chi connectivity index (χ0n) is 12.2. The summed E-state index contributed by atoms with van der Waals surface area (Å²) in [5, 5.41) is 8.99. The molecule has 1 aromatic carbocycles. The predicted octanol–water partition coefficient (Wildman–Crippen LogP) is 0.735. The number of aliphatic hydroxyl groups excluding tert-OH is 1. The molecule has 1 saturated carbocycles. The van der Waals surface area contributed by atoms with Gasteiger partial charge in [-0.3, -0.25) is 9.69 Å². The third kappa shape index (κ3) is 1.90. The summed E-state index contributed by atoms with van der Waals surface area (Å²) in [5.74, 6) is 0.300. The predicted molar refractivity (Wildman–Crippen MR) is 78.6 cm³/mol.